The lowest BCUT2D eigenvalue weighted by Crippen LogP contribution is -1.71. The van der Waals surface area contributed by atoms with Crippen LogP contribution in [0.3, 0.4) is 0 Å². The molecule has 0 fully saturated rings. The summed E-state index contributed by atoms with van der Waals surface area (Å²) in [7, 11) is 0. The Morgan fingerprint density at radius 2 is 1.73 bits per heavy atom. The summed E-state index contributed by atoms with van der Waals surface area (Å²) < 4.78 is 4.33. The van der Waals surface area contributed by atoms with E-state index in [9.17, 15) is 0 Å². The number of nitrogens with zero attached hydrogens (tertiary/aromatic N) is 2. The average molecular weight is 198 g/mol. The standard InChI is InChI=1S/C9H7N.C3H3NO/c1-2-4-9-7-10-6-5-8(9)3-1;1-2-4-5-3-1/h1-7H;1-3H. The molecule has 0 saturated carbocycles. The summed E-state index contributed by atoms with van der Waals surface area (Å²) in [4.78, 5) is 4.01. The lowest BCUT2D eigenvalue weighted by Gasteiger charge is -1.91. The number of benzene rings is 1. The molecule has 2 heterocycles. The third kappa shape index (κ3) is 2.64. The first-order valence-corrected chi connectivity index (χ1v) is 4.60. The SMILES string of the molecule is c1ccc2cnccc2c1.c1cnoc1. The first-order valence-electron chi connectivity index (χ1n) is 4.60. The predicted octanol–water partition coefficient (Wildman–Crippen LogP) is 2.91. The van der Waals surface area contributed by atoms with E-state index in [4.69, 9.17) is 0 Å². The molecule has 0 spiro atoms. The molecular weight excluding hydrogens is 188 g/mol. The molecule has 0 atom stereocenters. The van der Waals surface area contributed by atoms with Crippen molar-refractivity contribution >= 4 is 10.8 Å². The Bertz CT molecular complexity index is 423. The van der Waals surface area contributed by atoms with Gasteiger partial charge < -0.3 is 4.52 Å². The van der Waals surface area contributed by atoms with Crippen molar-refractivity contribution in [3.05, 3.63) is 61.3 Å². The Morgan fingerprint density at radius 3 is 2.33 bits per heavy atom. The zero-order valence-corrected chi connectivity index (χ0v) is 8.08. The van der Waals surface area contributed by atoms with Crippen LogP contribution in [-0.4, -0.2) is 10.1 Å². The monoisotopic (exact) mass is 198 g/mol. The van der Waals surface area contributed by atoms with Crippen molar-refractivity contribution in [3.8, 4) is 0 Å². The predicted molar refractivity (Wildman–Crippen MR) is 58.2 cm³/mol. The van der Waals surface area contributed by atoms with Crippen molar-refractivity contribution in [1.29, 1.82) is 0 Å². The van der Waals surface area contributed by atoms with Crippen LogP contribution < -0.4 is 0 Å². The zero-order valence-electron chi connectivity index (χ0n) is 8.08. The van der Waals surface area contributed by atoms with Crippen molar-refractivity contribution < 1.29 is 4.52 Å². The van der Waals surface area contributed by atoms with Crippen LogP contribution in [0.1, 0.15) is 0 Å². The summed E-state index contributed by atoms with van der Waals surface area (Å²) in [6.45, 7) is 0. The van der Waals surface area contributed by atoms with Gasteiger partial charge in [-0.2, -0.15) is 0 Å². The first-order chi connectivity index (χ1) is 7.47. The van der Waals surface area contributed by atoms with Crippen LogP contribution in [0.4, 0.5) is 0 Å². The van der Waals surface area contributed by atoms with Gasteiger partial charge in [0, 0.05) is 12.4 Å². The van der Waals surface area contributed by atoms with E-state index in [2.05, 4.69) is 26.8 Å². The third-order valence-electron chi connectivity index (χ3n) is 1.90. The second kappa shape index (κ2) is 4.91. The summed E-state index contributed by atoms with van der Waals surface area (Å²) in [6.07, 6.45) is 6.78. The van der Waals surface area contributed by atoms with Crippen LogP contribution in [0, 0.1) is 0 Å². The number of aromatic nitrogens is 2. The second-order valence-electron chi connectivity index (χ2n) is 2.91. The summed E-state index contributed by atoms with van der Waals surface area (Å²) in [5.41, 5.74) is 0. The van der Waals surface area contributed by atoms with Gasteiger partial charge in [0.1, 0.15) is 6.26 Å². The van der Waals surface area contributed by atoms with E-state index < -0.39 is 0 Å². The molecule has 1 aromatic carbocycles. The van der Waals surface area contributed by atoms with Crippen LogP contribution in [0.5, 0.6) is 0 Å². The molecule has 74 valence electrons. The molecule has 0 N–H and O–H groups in total. The van der Waals surface area contributed by atoms with Gasteiger partial charge in [0.15, 0.2) is 0 Å². The zero-order chi connectivity index (χ0) is 10.3. The van der Waals surface area contributed by atoms with Gasteiger partial charge in [0.2, 0.25) is 0 Å². The lowest BCUT2D eigenvalue weighted by atomic mass is 10.2. The Labute approximate surface area is 87.4 Å². The van der Waals surface area contributed by atoms with Gasteiger partial charge >= 0.3 is 0 Å². The summed E-state index contributed by atoms with van der Waals surface area (Å²) in [5.74, 6) is 0. The number of pyridine rings is 1. The molecule has 0 aliphatic heterocycles. The van der Waals surface area contributed by atoms with E-state index in [1.165, 1.54) is 17.0 Å². The largest absolute Gasteiger partial charge is 0.365 e. The number of hydrogen-bond donors (Lipinski definition) is 0. The molecule has 3 aromatic rings. The smallest absolute Gasteiger partial charge is 0.123 e. The summed E-state index contributed by atoms with van der Waals surface area (Å²) in [5, 5.41) is 5.79. The maximum absolute atomic E-state index is 4.33. The second-order valence-corrected chi connectivity index (χ2v) is 2.91. The molecule has 3 nitrogen and oxygen atoms in total. The fourth-order valence-electron chi connectivity index (χ4n) is 1.20. The van der Waals surface area contributed by atoms with Gasteiger partial charge in [-0.15, -0.1) is 0 Å². The molecule has 0 amide bonds. The molecule has 0 aliphatic carbocycles. The average Bonchev–Trinajstić information content (AvgIpc) is 2.88. The van der Waals surface area contributed by atoms with Crippen LogP contribution in [0.15, 0.2) is 65.8 Å². The minimum absolute atomic E-state index is 1.20. The quantitative estimate of drug-likeness (QED) is 0.557. The minimum atomic E-state index is 1.20. The Kier molecular flexibility index (Phi) is 3.07. The van der Waals surface area contributed by atoms with Gasteiger partial charge in [-0.05, 0) is 22.9 Å². The van der Waals surface area contributed by atoms with Gasteiger partial charge in [0.05, 0.1) is 6.20 Å². The normalized spacial score (nSPS) is 9.33. The topological polar surface area (TPSA) is 38.9 Å². The van der Waals surface area contributed by atoms with E-state index in [-0.39, 0.29) is 0 Å². The van der Waals surface area contributed by atoms with Crippen LogP contribution >= 0.6 is 0 Å². The molecule has 3 rings (SSSR count). The molecular formula is C12H10N2O. The van der Waals surface area contributed by atoms with Crippen molar-refractivity contribution in [3.63, 3.8) is 0 Å². The van der Waals surface area contributed by atoms with E-state index in [1.807, 2.05) is 30.6 Å². The van der Waals surface area contributed by atoms with Crippen molar-refractivity contribution in [1.82, 2.24) is 10.1 Å². The molecule has 3 heteroatoms. The third-order valence-corrected chi connectivity index (χ3v) is 1.90. The van der Waals surface area contributed by atoms with E-state index >= 15 is 0 Å². The molecule has 0 radical (unpaired) electrons. The maximum atomic E-state index is 4.33. The molecule has 0 saturated heterocycles. The maximum Gasteiger partial charge on any atom is 0.123 e. The molecule has 0 bridgehead atoms. The van der Waals surface area contributed by atoms with E-state index in [0.717, 1.165) is 0 Å². The molecule has 15 heavy (non-hydrogen) atoms. The highest BCUT2D eigenvalue weighted by Gasteiger charge is 1.86. The van der Waals surface area contributed by atoms with Crippen LogP contribution in [-0.2, 0) is 0 Å². The number of hydrogen-bond acceptors (Lipinski definition) is 3. The highest BCUT2D eigenvalue weighted by Crippen LogP contribution is 2.09. The molecule has 2 aromatic heterocycles. The van der Waals surface area contributed by atoms with Gasteiger partial charge in [-0.1, -0.05) is 29.4 Å². The summed E-state index contributed by atoms with van der Waals surface area (Å²) in [6, 6.07) is 11.9. The van der Waals surface area contributed by atoms with Crippen LogP contribution in [0.2, 0.25) is 0 Å². The van der Waals surface area contributed by atoms with Gasteiger partial charge in [-0.25, -0.2) is 0 Å². The van der Waals surface area contributed by atoms with Crippen LogP contribution in [0.25, 0.3) is 10.8 Å². The Morgan fingerprint density at radius 1 is 0.867 bits per heavy atom. The highest BCUT2D eigenvalue weighted by atomic mass is 16.5. The number of fused-ring (bicyclic) bond motifs is 1. The summed E-state index contributed by atoms with van der Waals surface area (Å²) >= 11 is 0. The van der Waals surface area contributed by atoms with Gasteiger partial charge in [0.25, 0.3) is 0 Å². The van der Waals surface area contributed by atoms with Gasteiger partial charge in [-0.3, -0.25) is 4.98 Å². The molecule has 0 unspecified atom stereocenters. The first kappa shape index (κ1) is 9.40. The fraction of sp³-hybridized carbons (Fsp3) is 0. The van der Waals surface area contributed by atoms with E-state index in [1.54, 1.807) is 12.3 Å². The lowest BCUT2D eigenvalue weighted by molar-refractivity contribution is 0.420. The van der Waals surface area contributed by atoms with Crippen molar-refractivity contribution in [2.45, 2.75) is 0 Å². The van der Waals surface area contributed by atoms with Crippen molar-refractivity contribution in [2.75, 3.05) is 0 Å². The fourth-order valence-corrected chi connectivity index (χ4v) is 1.20. The van der Waals surface area contributed by atoms with Crippen molar-refractivity contribution in [2.24, 2.45) is 0 Å². The Hall–Kier alpha value is -2.16. The Balaban J connectivity index is 0.000000144. The number of rotatable bonds is 0. The molecule has 0 aliphatic rings. The van der Waals surface area contributed by atoms with E-state index in [0.29, 0.717) is 0 Å². The minimum Gasteiger partial charge on any atom is -0.365 e. The highest BCUT2D eigenvalue weighted by molar-refractivity contribution is 5.80.